The fraction of sp³-hybridized carbons (Fsp3) is 0.364. The molecule has 9 nitrogen and oxygen atoms in total. The molecular weight excluding hydrogens is 304 g/mol. The van der Waals surface area contributed by atoms with E-state index in [0.717, 1.165) is 12.1 Å². The minimum absolute atomic E-state index is 0.0644. The van der Waals surface area contributed by atoms with Crippen LogP contribution in [-0.2, 0) is 19.6 Å². The fourth-order valence-corrected chi connectivity index (χ4v) is 3.25. The average molecular weight is 316 g/mol. The van der Waals surface area contributed by atoms with Crippen molar-refractivity contribution in [1.29, 1.82) is 0 Å². The Morgan fingerprint density at radius 1 is 1.43 bits per heavy atom. The number of nitrogens with zero attached hydrogens (tertiary/aromatic N) is 1. The molecule has 0 saturated carbocycles. The summed E-state index contributed by atoms with van der Waals surface area (Å²) < 4.78 is 31.5. The van der Waals surface area contributed by atoms with Crippen LogP contribution in [0.1, 0.15) is 0 Å². The number of carbonyl (C=O) groups is 1. The van der Waals surface area contributed by atoms with Crippen molar-refractivity contribution >= 4 is 21.7 Å². The highest BCUT2D eigenvalue weighted by Crippen LogP contribution is 2.20. The predicted octanol–water partition coefficient (Wildman–Crippen LogP) is -0.0273. The summed E-state index contributed by atoms with van der Waals surface area (Å²) in [5, 5.41) is 19.6. The highest BCUT2D eigenvalue weighted by atomic mass is 32.2. The molecule has 1 fully saturated rings. The van der Waals surface area contributed by atoms with Gasteiger partial charge in [-0.25, -0.2) is 13.1 Å². The van der Waals surface area contributed by atoms with Gasteiger partial charge in [-0.3, -0.25) is 14.9 Å². The molecule has 0 aromatic heterocycles. The van der Waals surface area contributed by atoms with Gasteiger partial charge in [-0.2, -0.15) is 0 Å². The van der Waals surface area contributed by atoms with Gasteiger partial charge in [0.25, 0.3) is 5.69 Å². The van der Waals surface area contributed by atoms with Crippen LogP contribution in [0.3, 0.4) is 0 Å². The number of hydrogen-bond donors (Lipinski definition) is 2. The van der Waals surface area contributed by atoms with E-state index in [1.165, 1.54) is 12.1 Å². The van der Waals surface area contributed by atoms with Gasteiger partial charge in [0.05, 0.1) is 35.0 Å². The van der Waals surface area contributed by atoms with E-state index in [9.17, 15) is 23.3 Å². The lowest BCUT2D eigenvalue weighted by atomic mass is 10.1. The van der Waals surface area contributed by atoms with E-state index in [1.54, 1.807) is 0 Å². The molecule has 1 saturated heterocycles. The number of non-ortho nitro benzene ring substituents is 1. The number of aliphatic carboxylic acids is 1. The van der Waals surface area contributed by atoms with Crippen LogP contribution in [0.5, 0.6) is 0 Å². The SMILES string of the molecule is O=C(O)C1COCC1NS(=O)(=O)c1cccc([N+](=O)[O-])c1. The molecule has 0 bridgehead atoms. The Balaban J connectivity index is 2.24. The van der Waals surface area contributed by atoms with Crippen molar-refractivity contribution in [3.63, 3.8) is 0 Å². The van der Waals surface area contributed by atoms with Crippen LogP contribution < -0.4 is 4.72 Å². The molecule has 1 aromatic carbocycles. The molecule has 0 radical (unpaired) electrons. The number of ether oxygens (including phenoxy) is 1. The highest BCUT2D eigenvalue weighted by Gasteiger charge is 2.37. The van der Waals surface area contributed by atoms with Gasteiger partial charge < -0.3 is 9.84 Å². The van der Waals surface area contributed by atoms with Crippen LogP contribution in [0.15, 0.2) is 29.2 Å². The van der Waals surface area contributed by atoms with E-state index < -0.39 is 32.9 Å². The molecule has 2 unspecified atom stereocenters. The minimum atomic E-state index is -4.06. The summed E-state index contributed by atoms with van der Waals surface area (Å²) >= 11 is 0. The number of nitrogens with one attached hydrogen (secondary N) is 1. The van der Waals surface area contributed by atoms with Crippen molar-refractivity contribution in [2.24, 2.45) is 5.92 Å². The summed E-state index contributed by atoms with van der Waals surface area (Å²) in [6, 6.07) is 3.60. The molecule has 114 valence electrons. The van der Waals surface area contributed by atoms with Gasteiger partial charge in [-0.05, 0) is 6.07 Å². The van der Waals surface area contributed by atoms with E-state index in [0.29, 0.717) is 0 Å². The Labute approximate surface area is 119 Å². The second-order valence-corrected chi connectivity index (χ2v) is 6.18. The number of nitro benzene ring substituents is 1. The maximum Gasteiger partial charge on any atom is 0.310 e. The van der Waals surface area contributed by atoms with E-state index in [4.69, 9.17) is 9.84 Å². The van der Waals surface area contributed by atoms with Crippen LogP contribution in [-0.4, -0.2) is 43.7 Å². The number of sulfonamides is 1. The van der Waals surface area contributed by atoms with Gasteiger partial charge >= 0.3 is 5.97 Å². The molecule has 1 heterocycles. The average Bonchev–Trinajstić information content (AvgIpc) is 2.86. The first-order valence-electron chi connectivity index (χ1n) is 5.88. The molecule has 0 amide bonds. The predicted molar refractivity (Wildman–Crippen MR) is 69.2 cm³/mol. The molecule has 2 rings (SSSR count). The number of carboxylic acid groups (broad SMARTS) is 1. The number of nitro groups is 1. The van der Waals surface area contributed by atoms with Gasteiger partial charge in [-0.15, -0.1) is 0 Å². The third kappa shape index (κ3) is 3.35. The number of hydrogen-bond acceptors (Lipinski definition) is 6. The zero-order valence-corrected chi connectivity index (χ0v) is 11.4. The third-order valence-corrected chi connectivity index (χ3v) is 4.53. The molecule has 10 heteroatoms. The highest BCUT2D eigenvalue weighted by molar-refractivity contribution is 7.89. The smallest absolute Gasteiger partial charge is 0.310 e. The molecule has 0 aliphatic carbocycles. The first kappa shape index (κ1) is 15.4. The molecule has 1 aromatic rings. The van der Waals surface area contributed by atoms with Gasteiger partial charge in [0.2, 0.25) is 10.0 Å². The maximum absolute atomic E-state index is 12.1. The Kier molecular flexibility index (Phi) is 4.21. The lowest BCUT2D eigenvalue weighted by Gasteiger charge is -2.15. The summed E-state index contributed by atoms with van der Waals surface area (Å²) in [4.78, 5) is 20.6. The van der Waals surface area contributed by atoms with Gasteiger partial charge in [-0.1, -0.05) is 6.07 Å². The van der Waals surface area contributed by atoms with Crippen molar-refractivity contribution in [2.75, 3.05) is 13.2 Å². The first-order chi connectivity index (χ1) is 9.81. The van der Waals surface area contributed by atoms with Crippen molar-refractivity contribution < 1.29 is 28.0 Å². The molecule has 21 heavy (non-hydrogen) atoms. The van der Waals surface area contributed by atoms with Crippen molar-refractivity contribution in [3.05, 3.63) is 34.4 Å². The Bertz CT molecular complexity index is 673. The van der Waals surface area contributed by atoms with Crippen LogP contribution in [0, 0.1) is 16.0 Å². The lowest BCUT2D eigenvalue weighted by Crippen LogP contribution is -2.42. The molecular formula is C11H12N2O7S. The third-order valence-electron chi connectivity index (χ3n) is 3.04. The van der Waals surface area contributed by atoms with Crippen molar-refractivity contribution in [1.82, 2.24) is 4.72 Å². The van der Waals surface area contributed by atoms with Crippen LogP contribution >= 0.6 is 0 Å². The second kappa shape index (κ2) is 5.76. The zero-order valence-electron chi connectivity index (χ0n) is 10.6. The summed E-state index contributed by atoms with van der Waals surface area (Å²) in [6.45, 7) is -0.150. The minimum Gasteiger partial charge on any atom is -0.481 e. The standard InChI is InChI=1S/C11H12N2O7S/c14-11(15)9-5-20-6-10(9)12-21(18,19)8-3-1-2-7(4-8)13(16)17/h1-4,9-10,12H,5-6H2,(H,14,15). The molecule has 1 aliphatic rings. The summed E-state index contributed by atoms with van der Waals surface area (Å²) in [5.74, 6) is -2.15. The first-order valence-corrected chi connectivity index (χ1v) is 7.37. The molecule has 0 spiro atoms. The topological polar surface area (TPSA) is 136 Å². The van der Waals surface area contributed by atoms with E-state index >= 15 is 0 Å². The summed E-state index contributed by atoms with van der Waals surface area (Å²) in [5.41, 5.74) is -0.365. The number of rotatable bonds is 5. The summed E-state index contributed by atoms with van der Waals surface area (Å²) in [7, 11) is -4.06. The Morgan fingerprint density at radius 2 is 2.14 bits per heavy atom. The normalized spacial score (nSPS) is 22.1. The molecule has 2 atom stereocenters. The van der Waals surface area contributed by atoms with E-state index in [-0.39, 0.29) is 23.8 Å². The Hall–Kier alpha value is -2.04. The van der Waals surface area contributed by atoms with E-state index in [2.05, 4.69) is 4.72 Å². The van der Waals surface area contributed by atoms with Crippen molar-refractivity contribution in [3.8, 4) is 0 Å². The van der Waals surface area contributed by atoms with Crippen LogP contribution in [0.25, 0.3) is 0 Å². The molecule has 1 aliphatic heterocycles. The Morgan fingerprint density at radius 3 is 2.76 bits per heavy atom. The number of benzene rings is 1. The fourth-order valence-electron chi connectivity index (χ4n) is 1.95. The quantitative estimate of drug-likeness (QED) is 0.575. The van der Waals surface area contributed by atoms with Gasteiger partial charge in [0, 0.05) is 12.1 Å². The monoisotopic (exact) mass is 316 g/mol. The summed E-state index contributed by atoms with van der Waals surface area (Å²) in [6.07, 6.45) is 0. The van der Waals surface area contributed by atoms with Crippen LogP contribution in [0.2, 0.25) is 0 Å². The van der Waals surface area contributed by atoms with E-state index in [1.807, 2.05) is 0 Å². The second-order valence-electron chi connectivity index (χ2n) is 4.46. The molecule has 2 N–H and O–H groups in total. The largest absolute Gasteiger partial charge is 0.481 e. The zero-order chi connectivity index (χ0) is 15.6. The van der Waals surface area contributed by atoms with Gasteiger partial charge in [0.1, 0.15) is 0 Å². The van der Waals surface area contributed by atoms with Crippen LogP contribution in [0.4, 0.5) is 5.69 Å². The van der Waals surface area contributed by atoms with Gasteiger partial charge in [0.15, 0.2) is 0 Å². The lowest BCUT2D eigenvalue weighted by molar-refractivity contribution is -0.385. The maximum atomic E-state index is 12.1. The number of carboxylic acids is 1. The van der Waals surface area contributed by atoms with Crippen molar-refractivity contribution in [2.45, 2.75) is 10.9 Å².